The van der Waals surface area contributed by atoms with E-state index in [2.05, 4.69) is 20.6 Å². The van der Waals surface area contributed by atoms with E-state index in [0.717, 1.165) is 18.8 Å². The number of nitrogens with one attached hydrogen (secondary N) is 2. The van der Waals surface area contributed by atoms with Gasteiger partial charge in [0.05, 0.1) is 23.9 Å². The van der Waals surface area contributed by atoms with Crippen molar-refractivity contribution in [3.05, 3.63) is 12.4 Å². The lowest BCUT2D eigenvalue weighted by atomic mass is 10.1. The third-order valence-electron chi connectivity index (χ3n) is 2.89. The number of sulfone groups is 1. The Kier molecular flexibility index (Phi) is 4.00. The molecule has 0 saturated carbocycles. The Morgan fingerprint density at radius 2 is 2.06 bits per heavy atom. The fourth-order valence-electron chi connectivity index (χ4n) is 2.00. The van der Waals surface area contributed by atoms with E-state index < -0.39 is 9.84 Å². The molecular formula is C11H18N4O2S. The molecular weight excluding hydrogens is 252 g/mol. The molecule has 0 radical (unpaired) electrons. The molecule has 1 atom stereocenters. The zero-order chi connectivity index (χ0) is 13.0. The standard InChI is InChI=1S/C11H18N4O2S/c1-2-13-10-6-12-7-11(15-10)14-5-9-3-4-18(16,17)8-9/h6-7,9H,2-5,8H2,1H3,(H2,13,14,15). The van der Waals surface area contributed by atoms with Gasteiger partial charge in [-0.15, -0.1) is 0 Å². The van der Waals surface area contributed by atoms with E-state index in [1.807, 2.05) is 6.92 Å². The van der Waals surface area contributed by atoms with Gasteiger partial charge in [0.15, 0.2) is 9.84 Å². The summed E-state index contributed by atoms with van der Waals surface area (Å²) in [7, 11) is -2.81. The molecule has 1 fully saturated rings. The quantitative estimate of drug-likeness (QED) is 0.821. The van der Waals surface area contributed by atoms with Gasteiger partial charge in [-0.25, -0.2) is 13.4 Å². The number of aromatic nitrogens is 2. The van der Waals surface area contributed by atoms with E-state index >= 15 is 0 Å². The zero-order valence-corrected chi connectivity index (χ0v) is 11.2. The lowest BCUT2D eigenvalue weighted by Gasteiger charge is -2.10. The van der Waals surface area contributed by atoms with Crippen LogP contribution in [0.25, 0.3) is 0 Å². The summed E-state index contributed by atoms with van der Waals surface area (Å²) in [5.74, 6) is 2.17. The van der Waals surface area contributed by atoms with E-state index in [9.17, 15) is 8.42 Å². The number of anilines is 2. The zero-order valence-electron chi connectivity index (χ0n) is 10.4. The number of hydrogen-bond acceptors (Lipinski definition) is 6. The van der Waals surface area contributed by atoms with Gasteiger partial charge in [-0.2, -0.15) is 0 Å². The van der Waals surface area contributed by atoms with E-state index in [1.165, 1.54) is 0 Å². The predicted octanol–water partition coefficient (Wildman–Crippen LogP) is 0.755. The molecule has 100 valence electrons. The second-order valence-electron chi connectivity index (χ2n) is 4.47. The molecule has 2 heterocycles. The molecule has 6 nitrogen and oxygen atoms in total. The maximum absolute atomic E-state index is 11.3. The summed E-state index contributed by atoms with van der Waals surface area (Å²) in [6, 6.07) is 0. The van der Waals surface area contributed by atoms with Crippen molar-refractivity contribution in [3.8, 4) is 0 Å². The van der Waals surface area contributed by atoms with Gasteiger partial charge >= 0.3 is 0 Å². The largest absolute Gasteiger partial charge is 0.369 e. The average Bonchev–Trinajstić information content (AvgIpc) is 2.68. The van der Waals surface area contributed by atoms with Crippen LogP contribution >= 0.6 is 0 Å². The van der Waals surface area contributed by atoms with Crippen LogP contribution in [-0.4, -0.2) is 43.0 Å². The summed E-state index contributed by atoms with van der Waals surface area (Å²) >= 11 is 0. The molecule has 0 aromatic carbocycles. The molecule has 1 aromatic rings. The van der Waals surface area contributed by atoms with Gasteiger partial charge in [0.25, 0.3) is 0 Å². The van der Waals surface area contributed by atoms with Crippen LogP contribution in [0.2, 0.25) is 0 Å². The summed E-state index contributed by atoms with van der Waals surface area (Å²) in [6.45, 7) is 3.41. The third-order valence-corrected chi connectivity index (χ3v) is 4.73. The first-order valence-corrected chi connectivity index (χ1v) is 7.91. The minimum absolute atomic E-state index is 0.180. The van der Waals surface area contributed by atoms with Crippen molar-refractivity contribution in [1.29, 1.82) is 0 Å². The van der Waals surface area contributed by atoms with Crippen molar-refractivity contribution in [2.24, 2.45) is 5.92 Å². The fourth-order valence-corrected chi connectivity index (χ4v) is 3.86. The second-order valence-corrected chi connectivity index (χ2v) is 6.70. The van der Waals surface area contributed by atoms with E-state index in [1.54, 1.807) is 12.4 Å². The van der Waals surface area contributed by atoms with Crippen LogP contribution in [0, 0.1) is 5.92 Å². The monoisotopic (exact) mass is 270 g/mol. The van der Waals surface area contributed by atoms with Crippen molar-refractivity contribution in [1.82, 2.24) is 9.97 Å². The Balaban J connectivity index is 1.88. The van der Waals surface area contributed by atoms with Crippen LogP contribution < -0.4 is 10.6 Å². The summed E-state index contributed by atoms with van der Waals surface area (Å²) in [5.41, 5.74) is 0. The molecule has 0 aliphatic carbocycles. The Bertz CT molecular complexity index is 504. The summed E-state index contributed by atoms with van der Waals surface area (Å²) in [4.78, 5) is 8.40. The Hall–Kier alpha value is -1.37. The minimum atomic E-state index is -2.81. The molecule has 0 amide bonds. The summed E-state index contributed by atoms with van der Waals surface area (Å²) < 4.78 is 22.7. The maximum atomic E-state index is 11.3. The molecule has 7 heteroatoms. The molecule has 1 aliphatic rings. The van der Waals surface area contributed by atoms with E-state index in [0.29, 0.717) is 18.1 Å². The summed E-state index contributed by atoms with van der Waals surface area (Å²) in [6.07, 6.45) is 4.04. The minimum Gasteiger partial charge on any atom is -0.369 e. The van der Waals surface area contributed by atoms with Gasteiger partial charge in [-0.1, -0.05) is 0 Å². The first-order valence-electron chi connectivity index (χ1n) is 6.09. The summed E-state index contributed by atoms with van der Waals surface area (Å²) in [5, 5.41) is 6.22. The van der Waals surface area contributed by atoms with Crippen molar-refractivity contribution >= 4 is 21.5 Å². The highest BCUT2D eigenvalue weighted by atomic mass is 32.2. The molecule has 2 rings (SSSR count). The van der Waals surface area contributed by atoms with Crippen LogP contribution in [0.3, 0.4) is 0 Å². The van der Waals surface area contributed by atoms with Gasteiger partial charge in [0, 0.05) is 13.1 Å². The van der Waals surface area contributed by atoms with Gasteiger partial charge in [-0.3, -0.25) is 4.98 Å². The van der Waals surface area contributed by atoms with Crippen molar-refractivity contribution in [2.45, 2.75) is 13.3 Å². The Morgan fingerprint density at radius 1 is 1.33 bits per heavy atom. The highest BCUT2D eigenvalue weighted by Gasteiger charge is 2.27. The first kappa shape index (κ1) is 13.1. The molecule has 2 N–H and O–H groups in total. The fraction of sp³-hybridized carbons (Fsp3) is 0.636. The van der Waals surface area contributed by atoms with Crippen LogP contribution in [0.4, 0.5) is 11.6 Å². The number of hydrogen-bond donors (Lipinski definition) is 2. The molecule has 1 aliphatic heterocycles. The van der Waals surface area contributed by atoms with Gasteiger partial charge in [0.2, 0.25) is 0 Å². The van der Waals surface area contributed by atoms with E-state index in [-0.39, 0.29) is 11.7 Å². The normalized spacial score (nSPS) is 21.7. The smallest absolute Gasteiger partial charge is 0.150 e. The van der Waals surface area contributed by atoms with Gasteiger partial charge in [-0.05, 0) is 19.3 Å². The average molecular weight is 270 g/mol. The lowest BCUT2D eigenvalue weighted by molar-refractivity contribution is 0.595. The number of nitrogens with zero attached hydrogens (tertiary/aromatic N) is 2. The molecule has 1 unspecified atom stereocenters. The molecule has 1 saturated heterocycles. The van der Waals surface area contributed by atoms with Crippen LogP contribution in [0.5, 0.6) is 0 Å². The second kappa shape index (κ2) is 5.51. The van der Waals surface area contributed by atoms with Crippen LogP contribution in [0.15, 0.2) is 12.4 Å². The topological polar surface area (TPSA) is 84.0 Å². The lowest BCUT2D eigenvalue weighted by Crippen LogP contribution is -2.16. The first-order chi connectivity index (χ1) is 8.59. The van der Waals surface area contributed by atoms with Crippen molar-refractivity contribution < 1.29 is 8.42 Å². The molecule has 0 bridgehead atoms. The highest BCUT2D eigenvalue weighted by molar-refractivity contribution is 7.91. The van der Waals surface area contributed by atoms with Crippen molar-refractivity contribution in [3.63, 3.8) is 0 Å². The van der Waals surface area contributed by atoms with Gasteiger partial charge in [0.1, 0.15) is 11.6 Å². The Morgan fingerprint density at radius 3 is 2.67 bits per heavy atom. The van der Waals surface area contributed by atoms with Gasteiger partial charge < -0.3 is 10.6 Å². The number of rotatable bonds is 5. The SMILES string of the molecule is CCNc1cncc(NCC2CCS(=O)(=O)C2)n1. The highest BCUT2D eigenvalue weighted by Crippen LogP contribution is 2.18. The van der Waals surface area contributed by atoms with Crippen LogP contribution in [0.1, 0.15) is 13.3 Å². The predicted molar refractivity (Wildman–Crippen MR) is 71.4 cm³/mol. The molecule has 18 heavy (non-hydrogen) atoms. The third kappa shape index (κ3) is 3.56. The van der Waals surface area contributed by atoms with Crippen LogP contribution in [-0.2, 0) is 9.84 Å². The molecule has 1 aromatic heterocycles. The van der Waals surface area contributed by atoms with Crippen molar-refractivity contribution in [2.75, 3.05) is 35.2 Å². The Labute approximate surface area is 107 Å². The molecule has 0 spiro atoms. The van der Waals surface area contributed by atoms with E-state index in [4.69, 9.17) is 0 Å². The maximum Gasteiger partial charge on any atom is 0.150 e.